The summed E-state index contributed by atoms with van der Waals surface area (Å²) in [6.45, 7) is 5.19. The van der Waals surface area contributed by atoms with Crippen molar-refractivity contribution in [2.75, 3.05) is 11.6 Å². The maximum Gasteiger partial charge on any atom is 0.0561 e. The number of nitrogens with two attached hydrogens (primary N) is 1. The molecular weight excluding hydrogens is 240 g/mol. The first-order valence-corrected chi connectivity index (χ1v) is 5.79. The lowest BCUT2D eigenvalue weighted by molar-refractivity contribution is 0.891. The van der Waals surface area contributed by atoms with Crippen molar-refractivity contribution in [2.45, 2.75) is 26.7 Å². The molecule has 0 amide bonds. The van der Waals surface area contributed by atoms with E-state index in [1.165, 1.54) is 12.0 Å². The van der Waals surface area contributed by atoms with Gasteiger partial charge >= 0.3 is 0 Å². The van der Waals surface area contributed by atoms with E-state index in [2.05, 4.69) is 48.0 Å². The van der Waals surface area contributed by atoms with Crippen LogP contribution < -0.4 is 10.9 Å². The minimum Gasteiger partial charge on any atom is -0.310 e. The van der Waals surface area contributed by atoms with Gasteiger partial charge in [0.2, 0.25) is 0 Å². The molecule has 1 aliphatic heterocycles. The highest BCUT2D eigenvalue weighted by Crippen LogP contribution is 2.28. The smallest absolute Gasteiger partial charge is 0.0561 e. The van der Waals surface area contributed by atoms with Crippen molar-refractivity contribution in [1.82, 2.24) is 0 Å². The summed E-state index contributed by atoms with van der Waals surface area (Å²) >= 11 is 3.41. The van der Waals surface area contributed by atoms with Gasteiger partial charge in [0.1, 0.15) is 0 Å². The van der Waals surface area contributed by atoms with Gasteiger partial charge in [-0.3, -0.25) is 0 Å². The van der Waals surface area contributed by atoms with E-state index in [0.29, 0.717) is 0 Å². The zero-order valence-electron chi connectivity index (χ0n) is 8.76. The summed E-state index contributed by atoms with van der Waals surface area (Å²) < 4.78 is 1.09. The number of rotatable bonds is 0. The van der Waals surface area contributed by atoms with Crippen LogP contribution in [0.25, 0.3) is 0 Å². The number of hydrogen-bond acceptors (Lipinski definition) is 2. The van der Waals surface area contributed by atoms with Crippen LogP contribution in [-0.4, -0.2) is 6.54 Å². The fraction of sp³-hybridized carbons (Fsp3) is 0.455. The number of hydrazine groups is 1. The first-order valence-electron chi connectivity index (χ1n) is 4.99. The summed E-state index contributed by atoms with van der Waals surface area (Å²) in [7, 11) is 0. The van der Waals surface area contributed by atoms with Gasteiger partial charge in [-0.25, -0.2) is 5.84 Å². The number of anilines is 1. The van der Waals surface area contributed by atoms with Crippen LogP contribution in [-0.2, 0) is 6.42 Å². The fourth-order valence-corrected chi connectivity index (χ4v) is 1.73. The van der Waals surface area contributed by atoms with Gasteiger partial charge in [0.25, 0.3) is 0 Å². The van der Waals surface area contributed by atoms with Crippen molar-refractivity contribution < 1.29 is 0 Å². The minimum absolute atomic E-state index is 0.936. The van der Waals surface area contributed by atoms with Crippen molar-refractivity contribution in [3.63, 3.8) is 0 Å². The molecule has 0 spiro atoms. The standard InChI is InChI=1S/C8H9BrN2.C3H8/c9-7-2-1-6-3-4-11(10)8(6)5-7;1-3-2/h1-2,5H,3-4,10H2;3H2,1-2H3. The van der Waals surface area contributed by atoms with Gasteiger partial charge in [-0.2, -0.15) is 0 Å². The monoisotopic (exact) mass is 256 g/mol. The average Bonchev–Trinajstić information content (AvgIpc) is 2.49. The molecule has 0 bridgehead atoms. The van der Waals surface area contributed by atoms with Crippen LogP contribution in [0.2, 0.25) is 0 Å². The first kappa shape index (κ1) is 11.5. The lowest BCUT2D eigenvalue weighted by Gasteiger charge is -2.10. The van der Waals surface area contributed by atoms with E-state index in [1.807, 2.05) is 0 Å². The third-order valence-electron chi connectivity index (χ3n) is 1.98. The predicted octanol–water partition coefficient (Wildman–Crippen LogP) is 3.10. The highest BCUT2D eigenvalue weighted by molar-refractivity contribution is 9.10. The second-order valence-electron chi connectivity index (χ2n) is 3.42. The first-order chi connectivity index (χ1) is 6.69. The second kappa shape index (κ2) is 5.37. The molecule has 1 heterocycles. The Bertz CT molecular complexity index is 299. The van der Waals surface area contributed by atoms with Gasteiger partial charge in [-0.05, 0) is 24.1 Å². The Balaban J connectivity index is 0.000000293. The maximum absolute atomic E-state index is 5.73. The molecule has 2 N–H and O–H groups in total. The fourth-order valence-electron chi connectivity index (χ4n) is 1.38. The highest BCUT2D eigenvalue weighted by atomic mass is 79.9. The van der Waals surface area contributed by atoms with E-state index in [4.69, 9.17) is 5.84 Å². The topological polar surface area (TPSA) is 29.3 Å². The maximum atomic E-state index is 5.73. The van der Waals surface area contributed by atoms with E-state index in [1.54, 1.807) is 5.01 Å². The molecule has 0 saturated carbocycles. The Morgan fingerprint density at radius 2 is 2.07 bits per heavy atom. The lowest BCUT2D eigenvalue weighted by Crippen LogP contribution is -2.27. The van der Waals surface area contributed by atoms with Crippen molar-refractivity contribution in [3.05, 3.63) is 28.2 Å². The number of hydrogen-bond donors (Lipinski definition) is 1. The summed E-state index contributed by atoms with van der Waals surface area (Å²) in [6, 6.07) is 6.23. The van der Waals surface area contributed by atoms with Crippen LogP contribution in [0.5, 0.6) is 0 Å². The van der Waals surface area contributed by atoms with Crippen LogP contribution >= 0.6 is 15.9 Å². The number of nitrogens with zero attached hydrogens (tertiary/aromatic N) is 1. The minimum atomic E-state index is 0.936. The molecule has 14 heavy (non-hydrogen) atoms. The Labute approximate surface area is 94.2 Å². The van der Waals surface area contributed by atoms with Crippen LogP contribution in [0.15, 0.2) is 22.7 Å². The van der Waals surface area contributed by atoms with Crippen LogP contribution in [0.1, 0.15) is 25.8 Å². The predicted molar refractivity (Wildman–Crippen MR) is 65.3 cm³/mol. The second-order valence-corrected chi connectivity index (χ2v) is 4.34. The summed E-state index contributed by atoms with van der Waals surface area (Å²) in [4.78, 5) is 0. The molecule has 0 saturated heterocycles. The summed E-state index contributed by atoms with van der Waals surface area (Å²) in [5.41, 5.74) is 2.50. The number of benzene rings is 1. The highest BCUT2D eigenvalue weighted by Gasteiger charge is 2.15. The Morgan fingerprint density at radius 1 is 1.43 bits per heavy atom. The molecular formula is C11H17BrN2. The van der Waals surface area contributed by atoms with Crippen molar-refractivity contribution in [1.29, 1.82) is 0 Å². The van der Waals surface area contributed by atoms with Gasteiger partial charge in [0.15, 0.2) is 0 Å². The molecule has 2 rings (SSSR count). The molecule has 0 radical (unpaired) electrons. The van der Waals surface area contributed by atoms with E-state index in [9.17, 15) is 0 Å². The summed E-state index contributed by atoms with van der Waals surface area (Å²) in [5, 5.41) is 1.79. The molecule has 0 fully saturated rings. The van der Waals surface area contributed by atoms with Crippen LogP contribution in [0, 0.1) is 0 Å². The van der Waals surface area contributed by atoms with E-state index in [0.717, 1.165) is 23.1 Å². The zero-order chi connectivity index (χ0) is 10.6. The van der Waals surface area contributed by atoms with Gasteiger partial charge in [0.05, 0.1) is 5.69 Å². The van der Waals surface area contributed by atoms with E-state index in [-0.39, 0.29) is 0 Å². The number of halogens is 1. The molecule has 1 aromatic rings. The van der Waals surface area contributed by atoms with E-state index < -0.39 is 0 Å². The Hall–Kier alpha value is -0.540. The van der Waals surface area contributed by atoms with Crippen molar-refractivity contribution >= 4 is 21.6 Å². The Kier molecular flexibility index (Phi) is 4.42. The molecule has 0 atom stereocenters. The normalized spacial score (nSPS) is 13.3. The number of fused-ring (bicyclic) bond motifs is 1. The molecule has 3 heteroatoms. The Morgan fingerprint density at radius 3 is 2.71 bits per heavy atom. The van der Waals surface area contributed by atoms with Crippen molar-refractivity contribution in [3.8, 4) is 0 Å². The van der Waals surface area contributed by atoms with Crippen LogP contribution in [0.3, 0.4) is 0 Å². The van der Waals surface area contributed by atoms with Gasteiger partial charge in [0, 0.05) is 11.0 Å². The third-order valence-corrected chi connectivity index (χ3v) is 2.47. The molecule has 2 nitrogen and oxygen atoms in total. The molecule has 0 aliphatic carbocycles. The van der Waals surface area contributed by atoms with Crippen LogP contribution in [0.4, 0.5) is 5.69 Å². The molecule has 78 valence electrons. The van der Waals surface area contributed by atoms with Gasteiger partial charge in [-0.1, -0.05) is 42.3 Å². The summed E-state index contributed by atoms with van der Waals surface area (Å²) in [6.07, 6.45) is 2.32. The molecule has 1 aromatic carbocycles. The third kappa shape index (κ3) is 2.72. The van der Waals surface area contributed by atoms with Gasteiger partial charge < -0.3 is 5.01 Å². The van der Waals surface area contributed by atoms with Crippen molar-refractivity contribution in [2.24, 2.45) is 5.84 Å². The van der Waals surface area contributed by atoms with E-state index >= 15 is 0 Å². The average molecular weight is 257 g/mol. The SMILES string of the molecule is CCC.NN1CCc2ccc(Br)cc21. The molecule has 0 aromatic heterocycles. The summed E-state index contributed by atoms with van der Waals surface area (Å²) in [5.74, 6) is 5.73. The van der Waals surface area contributed by atoms with Gasteiger partial charge in [-0.15, -0.1) is 0 Å². The molecule has 1 aliphatic rings. The largest absolute Gasteiger partial charge is 0.310 e. The zero-order valence-corrected chi connectivity index (χ0v) is 10.3. The quantitative estimate of drug-likeness (QED) is 0.723. The molecule has 0 unspecified atom stereocenters. The lowest BCUT2D eigenvalue weighted by atomic mass is 10.2.